The Hall–Kier alpha value is -2.35. The van der Waals surface area contributed by atoms with Gasteiger partial charge in [0.25, 0.3) is 0 Å². The van der Waals surface area contributed by atoms with Crippen molar-refractivity contribution in [1.82, 2.24) is 19.5 Å². The molecule has 4 aromatic rings. The molecule has 0 spiro atoms. The Labute approximate surface area is 342 Å². The molecule has 306 valence electrons. The molecule has 11 heteroatoms. The number of nitrogens with one attached hydrogen (secondary N) is 1. The molecule has 2 aliphatic heterocycles. The van der Waals surface area contributed by atoms with Gasteiger partial charge in [0.15, 0.2) is 0 Å². The zero-order chi connectivity index (χ0) is 40.1. The fraction of sp³-hybridized carbons (Fsp3) is 0.622. The number of aromatic nitrogens is 4. The molecule has 2 aromatic carbocycles. The molecule has 0 unspecified atom stereocenters. The monoisotopic (exact) mass is 891 g/mol. The zero-order valence-electron chi connectivity index (χ0n) is 35.9. The van der Waals surface area contributed by atoms with Crippen molar-refractivity contribution in [2.45, 2.75) is 162 Å². The van der Waals surface area contributed by atoms with Crippen LogP contribution in [0.1, 0.15) is 117 Å². The van der Waals surface area contributed by atoms with E-state index in [1.165, 1.54) is 63.0 Å². The van der Waals surface area contributed by atoms with Crippen molar-refractivity contribution in [3.8, 4) is 0 Å². The minimum absolute atomic E-state index is 0.0831. The molecule has 9 nitrogen and oxygen atoms in total. The summed E-state index contributed by atoms with van der Waals surface area (Å²) >= 11 is -3.15. The number of ether oxygens (including phenoxy) is 3. The Morgan fingerprint density at radius 2 is 1.39 bits per heavy atom. The molecule has 2 fully saturated rings. The zero-order valence-corrected chi connectivity index (χ0v) is 39.8. The Morgan fingerprint density at radius 1 is 0.839 bits per heavy atom. The summed E-state index contributed by atoms with van der Waals surface area (Å²) in [4.78, 5) is 16.3. The first-order valence-corrected chi connectivity index (χ1v) is 31.9. The van der Waals surface area contributed by atoms with Gasteiger partial charge >= 0.3 is 344 Å². The number of rotatable bonds is 19. The Kier molecular flexibility index (Phi) is 14.1. The van der Waals surface area contributed by atoms with Crippen LogP contribution in [0.15, 0.2) is 67.0 Å². The molecule has 4 heterocycles. The molecule has 0 radical (unpaired) electrons. The summed E-state index contributed by atoms with van der Waals surface area (Å²) in [6.45, 7) is 23.5. The average molecular weight is 891 g/mol. The van der Waals surface area contributed by atoms with Crippen LogP contribution in [0.3, 0.4) is 0 Å². The molecule has 0 aliphatic carbocycles. The number of fused-ring (bicyclic) bond motifs is 2. The van der Waals surface area contributed by atoms with Gasteiger partial charge in [-0.3, -0.25) is 0 Å². The van der Waals surface area contributed by atoms with Crippen molar-refractivity contribution in [3.05, 3.63) is 78.1 Å². The molecule has 1 N–H and O–H groups in total. The maximum absolute atomic E-state index is 6.96. The van der Waals surface area contributed by atoms with Gasteiger partial charge in [-0.2, -0.15) is 0 Å². The van der Waals surface area contributed by atoms with Crippen molar-refractivity contribution < 1.29 is 18.6 Å². The summed E-state index contributed by atoms with van der Waals surface area (Å²) < 4.78 is 34.0. The van der Waals surface area contributed by atoms with Gasteiger partial charge in [-0.25, -0.2) is 0 Å². The van der Waals surface area contributed by atoms with Gasteiger partial charge in [0, 0.05) is 0 Å². The third-order valence-electron chi connectivity index (χ3n) is 12.6. The topological polar surface area (TPSA) is 92.6 Å². The van der Waals surface area contributed by atoms with Crippen LogP contribution in [0, 0.1) is 0 Å². The Morgan fingerprint density at radius 3 is 1.93 bits per heavy atom. The third-order valence-corrected chi connectivity index (χ3v) is 31.7. The Balaban J connectivity index is 1.45. The van der Waals surface area contributed by atoms with E-state index in [0.29, 0.717) is 13.2 Å². The summed E-state index contributed by atoms with van der Waals surface area (Å²) in [5, 5.41) is 3.97. The van der Waals surface area contributed by atoms with Gasteiger partial charge in [0.2, 0.25) is 0 Å². The SMILES string of the molecule is CCC[CH2][Sn]([CH2]CCC)([CH2]CCC)[c]1nc(NCC(c2ccccc2)c2ccccc2)c2ncn([C@@H]3O[C@H](CO[Si](C)(C)C(C)(C)C)[C@H]4OC(C)(C)O[C@@H]43)c2n1. The summed E-state index contributed by atoms with van der Waals surface area (Å²) in [5.41, 5.74) is 4.13. The second kappa shape index (κ2) is 18.3. The van der Waals surface area contributed by atoms with E-state index < -0.39 is 38.7 Å². The number of benzene rings is 2. The van der Waals surface area contributed by atoms with Crippen molar-refractivity contribution in [1.29, 1.82) is 0 Å². The van der Waals surface area contributed by atoms with Gasteiger partial charge in [-0.05, 0) is 0 Å². The van der Waals surface area contributed by atoms with E-state index in [1.54, 1.807) is 0 Å². The quantitative estimate of drug-likeness (QED) is 0.0931. The molecule has 56 heavy (non-hydrogen) atoms. The van der Waals surface area contributed by atoms with E-state index in [2.05, 4.69) is 125 Å². The second-order valence-electron chi connectivity index (χ2n) is 18.3. The van der Waals surface area contributed by atoms with Crippen LogP contribution in [0.5, 0.6) is 0 Å². The van der Waals surface area contributed by atoms with Crippen molar-refractivity contribution in [3.63, 3.8) is 0 Å². The van der Waals surface area contributed by atoms with Crippen molar-refractivity contribution in [2.75, 3.05) is 18.5 Å². The summed E-state index contributed by atoms with van der Waals surface area (Å²) in [5.74, 6) is 0.210. The van der Waals surface area contributed by atoms with E-state index in [9.17, 15) is 0 Å². The summed E-state index contributed by atoms with van der Waals surface area (Å²) in [7, 11) is -2.04. The van der Waals surface area contributed by atoms with Crippen molar-refractivity contribution in [2.24, 2.45) is 0 Å². The first-order valence-electron chi connectivity index (χ1n) is 21.5. The molecular formula is C45H69N5O4SiSn. The number of nitrogens with zero attached hydrogens (tertiary/aromatic N) is 4. The fourth-order valence-corrected chi connectivity index (χ4v) is 24.1. The minimum atomic E-state index is -3.15. The summed E-state index contributed by atoms with van der Waals surface area (Å²) in [6, 6.07) is 21.6. The van der Waals surface area contributed by atoms with Crippen LogP contribution in [-0.2, 0) is 18.6 Å². The number of unbranched alkanes of at least 4 members (excludes halogenated alkanes) is 3. The molecule has 0 saturated carbocycles. The number of imidazole rings is 1. The first kappa shape index (κ1) is 43.2. The van der Waals surface area contributed by atoms with Gasteiger partial charge in [-0.1, -0.05) is 0 Å². The molecule has 0 bridgehead atoms. The van der Waals surface area contributed by atoms with E-state index in [4.69, 9.17) is 33.6 Å². The molecule has 2 aromatic heterocycles. The van der Waals surface area contributed by atoms with E-state index in [1.807, 2.05) is 20.2 Å². The molecular weight excluding hydrogens is 821 g/mol. The third kappa shape index (κ3) is 9.57. The number of hydrogen-bond donors (Lipinski definition) is 1. The van der Waals surface area contributed by atoms with Crippen molar-refractivity contribution >= 4 is 47.5 Å². The molecule has 6 rings (SSSR count). The van der Waals surface area contributed by atoms with Gasteiger partial charge in [0.05, 0.1) is 0 Å². The normalized spacial score (nSPS) is 21.3. The van der Waals surface area contributed by atoms with Crippen LogP contribution >= 0.6 is 0 Å². The van der Waals surface area contributed by atoms with Crippen LogP contribution in [0.25, 0.3) is 11.2 Å². The molecule has 2 aliphatic rings. The van der Waals surface area contributed by atoms with E-state index in [0.717, 1.165) is 20.8 Å². The van der Waals surface area contributed by atoms with Gasteiger partial charge in [0.1, 0.15) is 0 Å². The maximum atomic E-state index is 6.96. The standard InChI is InChI=1S/C33H42N5O4Si.3C4H9.Sn/c1-32(2,3)43(6,7)39-19-25-27-28(42-33(4,5)41-27)31(40-25)38-21-37-26-29(35-20-36-30(26)38)34-18-24(22-14-10-8-11-15-22)23-16-12-9-13-17-23;3*1-3-4-2;/h8-17,21,24-25,27-28,31H,18-19H2,1-7H3,(H,34,35,36);3*1,3-4H2,2H3;/t25-,27-,28+,31-;;;;/m1..../s1. The summed E-state index contributed by atoms with van der Waals surface area (Å²) in [6.07, 6.45) is 7.76. The second-order valence-corrected chi connectivity index (χ2v) is 35.9. The van der Waals surface area contributed by atoms with E-state index in [-0.39, 0.29) is 29.3 Å². The molecule has 0 amide bonds. The first-order chi connectivity index (χ1) is 26.7. The average Bonchev–Trinajstić information content (AvgIpc) is 3.84. The number of anilines is 1. The Bertz CT molecular complexity index is 1790. The van der Waals surface area contributed by atoms with Crippen LogP contribution in [-0.4, -0.2) is 83.5 Å². The predicted molar refractivity (Wildman–Crippen MR) is 234 cm³/mol. The van der Waals surface area contributed by atoms with Crippen LogP contribution in [0.2, 0.25) is 31.4 Å². The molecule has 2 saturated heterocycles. The van der Waals surface area contributed by atoms with E-state index >= 15 is 0 Å². The van der Waals surface area contributed by atoms with Gasteiger partial charge in [-0.15, -0.1) is 0 Å². The van der Waals surface area contributed by atoms with Crippen LogP contribution < -0.4 is 9.16 Å². The molecule has 4 atom stereocenters. The van der Waals surface area contributed by atoms with Crippen LogP contribution in [0.4, 0.5) is 5.82 Å². The number of hydrogen-bond acceptors (Lipinski definition) is 8. The fourth-order valence-electron chi connectivity index (χ4n) is 8.24. The predicted octanol–water partition coefficient (Wildman–Crippen LogP) is 10.6. The van der Waals surface area contributed by atoms with Gasteiger partial charge < -0.3 is 0 Å².